The number of likely N-dealkylation sites (tertiary alicyclic amines) is 1. The van der Waals surface area contributed by atoms with Gasteiger partial charge in [0.2, 0.25) is 0 Å². The van der Waals surface area contributed by atoms with Gasteiger partial charge in [0.25, 0.3) is 0 Å². The first-order chi connectivity index (χ1) is 55.1. The summed E-state index contributed by atoms with van der Waals surface area (Å²) in [5, 5.41) is 0. The smallest absolute Gasteiger partial charge is 0.156 e. The van der Waals surface area contributed by atoms with E-state index in [1.807, 2.05) is 0 Å². The average molecular weight is 1510 g/mol. The number of hydrogen-bond donors (Lipinski definition) is 0. The van der Waals surface area contributed by atoms with Gasteiger partial charge in [0, 0.05) is 61.2 Å². The van der Waals surface area contributed by atoms with Crippen molar-refractivity contribution in [3.05, 3.63) is 0 Å². The first-order valence-corrected chi connectivity index (χ1v) is 51.6. The zero-order chi connectivity index (χ0) is 79.9. The Morgan fingerprint density at radius 2 is 0.773 bits per heavy atom. The fraction of sp³-hybridized carbons (Fsp3) is 1.00. The van der Waals surface area contributed by atoms with E-state index in [-0.39, 0.29) is 70.4 Å². The van der Waals surface area contributed by atoms with Crippen LogP contribution in [0.2, 0.25) is 17.5 Å². The second-order valence-electron chi connectivity index (χ2n) is 50.4. The summed E-state index contributed by atoms with van der Waals surface area (Å²) in [7, 11) is 0. The van der Waals surface area contributed by atoms with Crippen molar-refractivity contribution >= 4 is 6.71 Å². The molecule has 19 rings (SSSR count). The highest BCUT2D eigenvalue weighted by molar-refractivity contribution is 6.65. The Morgan fingerprint density at radius 1 is 0.327 bits per heavy atom. The summed E-state index contributed by atoms with van der Waals surface area (Å²) in [4.78, 5) is 10.8. The Bertz CT molecular complexity index is 3110. The van der Waals surface area contributed by atoms with Crippen molar-refractivity contribution in [1.29, 1.82) is 0 Å². The molecule has 0 aromatic heterocycles. The number of nitrogens with zero attached hydrogens (tertiary/aromatic N) is 3. The summed E-state index contributed by atoms with van der Waals surface area (Å²) in [6.07, 6.45) is 62.9. The second kappa shape index (κ2) is 32.1. The molecular weight excluding hydrogens is 1330 g/mol. The average Bonchev–Trinajstić information content (AvgIpc) is 1.62. The molecule has 0 amide bonds. The van der Waals surface area contributed by atoms with E-state index in [1.54, 1.807) is 83.5 Å². The van der Waals surface area contributed by atoms with Crippen LogP contribution in [0.15, 0.2) is 0 Å². The maximum atomic E-state index is 11.0. The Hall–Kier alpha value is -0.0551. The monoisotopic (exact) mass is 1510 g/mol. The summed E-state index contributed by atoms with van der Waals surface area (Å²) in [6, 6.07) is 3.96. The lowest BCUT2D eigenvalue weighted by Gasteiger charge is -2.73. The second-order valence-corrected chi connectivity index (χ2v) is 50.4. The van der Waals surface area contributed by atoms with Crippen LogP contribution >= 0.6 is 0 Å². The minimum Gasteiger partial charge on any atom is -0.295 e. The SMILES string of the molecule is [2H]C1C2C([C@H]([2H])C([2H])C1C(C)(C)C)N(C1CCC3B4C5CCC([C@@H]6CCC7CCCC8C7C6[C@H]6CCCC7CCC[C@@H]8C76)CC5N(C5C(C6CCCCC6)CC(C(C)C)CC5C5CCCCC5)C5CC(CC(C)(C)C)CC(C45)N(C4[C@@H](C5CCCCC5)CC(C(C)C)C[C@H]4C4CCCCC4)[C@H]3C1)C1C(C)[C@@H]([2H])C(C(C)(C)C)C([2H])[C@@H]21. The molecule has 110 heavy (non-hydrogen) atoms. The molecule has 19 fully saturated rings. The summed E-state index contributed by atoms with van der Waals surface area (Å²) in [5.41, 5.74) is -0.219. The molecule has 0 bridgehead atoms. The molecule has 3 heterocycles. The van der Waals surface area contributed by atoms with E-state index in [2.05, 4.69) is 112 Å². The van der Waals surface area contributed by atoms with Gasteiger partial charge in [0.05, 0.1) is 0 Å². The molecule has 0 aromatic rings. The van der Waals surface area contributed by atoms with Crippen LogP contribution in [0.4, 0.5) is 0 Å². The molecular formula is C106H180BN3. The zero-order valence-electron chi connectivity index (χ0n) is 79.5. The first kappa shape index (κ1) is 73.8. The predicted octanol–water partition coefficient (Wildman–Crippen LogP) is 28.7. The van der Waals surface area contributed by atoms with Crippen LogP contribution in [0.3, 0.4) is 0 Å². The Labute approximate surface area is 689 Å². The highest BCUT2D eigenvalue weighted by Crippen LogP contribution is 2.72. The largest absolute Gasteiger partial charge is 0.295 e. The zero-order valence-corrected chi connectivity index (χ0v) is 74.5. The number of rotatable bonds is 11. The van der Waals surface area contributed by atoms with Crippen LogP contribution in [-0.4, -0.2) is 75.8 Å². The topological polar surface area (TPSA) is 9.72 Å². The quantitative estimate of drug-likeness (QED) is 0.191. The van der Waals surface area contributed by atoms with Gasteiger partial charge in [-0.25, -0.2) is 0 Å². The van der Waals surface area contributed by atoms with Crippen molar-refractivity contribution in [3.8, 4) is 0 Å². The molecule has 16 saturated carbocycles. The third-order valence-electron chi connectivity index (χ3n) is 41.4. The highest BCUT2D eigenvalue weighted by atomic mass is 15.3. The molecule has 4 heteroatoms. The molecule has 19 aliphatic rings. The number of hydrogen-bond acceptors (Lipinski definition) is 3. The van der Waals surface area contributed by atoms with Gasteiger partial charge < -0.3 is 0 Å². The lowest BCUT2D eigenvalue weighted by molar-refractivity contribution is -0.170. The van der Waals surface area contributed by atoms with Crippen molar-refractivity contribution in [3.63, 3.8) is 0 Å². The van der Waals surface area contributed by atoms with Gasteiger partial charge in [-0.3, -0.25) is 14.7 Å². The van der Waals surface area contributed by atoms with Crippen LogP contribution in [0, 0.1) is 182 Å². The van der Waals surface area contributed by atoms with Gasteiger partial charge in [0.15, 0.2) is 6.71 Å². The minimum atomic E-state index is -0.629. The molecule has 3 aliphatic heterocycles. The minimum absolute atomic E-state index is 0.0211. The maximum absolute atomic E-state index is 11.0. The van der Waals surface area contributed by atoms with Crippen molar-refractivity contribution in [2.75, 3.05) is 0 Å². The van der Waals surface area contributed by atoms with E-state index in [4.69, 9.17) is 0 Å². The van der Waals surface area contributed by atoms with Crippen LogP contribution in [0.1, 0.15) is 418 Å². The fourth-order valence-corrected chi connectivity index (χ4v) is 37.5. The molecule has 37 atom stereocenters. The standard InChI is InChI=1S/C106H180BN3/c1-64(2)75-55-84(68-30-19-15-20-31-68)102(85(56-75)69-32-21-16-22-33-69)109-93-59-74(80-48-44-73-40-28-42-82-81-41-27-38-72-39-29-43-83(97(72)81)99(80)98(73)82)45-49-90(93)107-91-50-47-79(108-92-51-46-77(105(9,10)11)60-88(92)89-61-78(106(12,13)14)52-66(5)101(89)108)62-94(91)110(96-54-67(63-104(6,7)8)53-95(109)100(96)107)103-86(70-34-23-17-24-35-70)57-76(65(3)4)58-87(103)71-36-25-18-26-37-71/h64-103H,15-63H2,1-14H3/t66?,67?,72?,73?,74?,75?,76?,77?,78?,79?,80-,81-,82?,83-,84?,85?,86-,87+,88?,89-,90?,91?,92?,93?,94-,95?,96?,97?,98?,99?,100?,101?,102?,103?/m0/s1/i46D,51D,52D,60D,61D/t46?,51-,52-,60?,61?,66?,67?,72?,73?,74?,75?,76?,77?,78?,79?,80+,81+,82?,83+,84?,85?,86-,87+,88?,89+,90?,91?,92?,93?,94+,95?,96?,97?,98?,99?,100?,101?,102?,103?/m1. The van der Waals surface area contributed by atoms with Gasteiger partial charge >= 0.3 is 0 Å². The maximum Gasteiger partial charge on any atom is 0.156 e. The van der Waals surface area contributed by atoms with Crippen molar-refractivity contribution in [2.45, 2.75) is 483 Å². The molecule has 3 saturated heterocycles. The Kier molecular flexibility index (Phi) is 21.5. The normalized spacial score (nSPS) is 53.9. The molecule has 3 nitrogen and oxygen atoms in total. The Balaban J connectivity index is 0.808. The summed E-state index contributed by atoms with van der Waals surface area (Å²) >= 11 is 0. The van der Waals surface area contributed by atoms with Gasteiger partial charge in [-0.15, -0.1) is 0 Å². The van der Waals surface area contributed by atoms with Crippen LogP contribution in [0.5, 0.6) is 0 Å². The van der Waals surface area contributed by atoms with Gasteiger partial charge in [-0.2, -0.15) is 0 Å². The third-order valence-corrected chi connectivity index (χ3v) is 41.4. The van der Waals surface area contributed by atoms with Gasteiger partial charge in [-0.05, 0) is 328 Å². The van der Waals surface area contributed by atoms with Crippen LogP contribution in [0.25, 0.3) is 0 Å². The van der Waals surface area contributed by atoms with Crippen LogP contribution < -0.4 is 0 Å². The van der Waals surface area contributed by atoms with Gasteiger partial charge in [0.1, 0.15) is 0 Å². The van der Waals surface area contributed by atoms with Crippen molar-refractivity contribution < 1.29 is 6.85 Å². The summed E-state index contributed by atoms with van der Waals surface area (Å²) < 4.78 is 54.0. The van der Waals surface area contributed by atoms with E-state index in [1.165, 1.54) is 199 Å². The van der Waals surface area contributed by atoms with E-state index in [0.717, 1.165) is 161 Å². The molecule has 0 radical (unpaired) electrons. The van der Waals surface area contributed by atoms with E-state index in [0.29, 0.717) is 36.0 Å². The van der Waals surface area contributed by atoms with E-state index < -0.39 is 25.6 Å². The lowest BCUT2D eigenvalue weighted by Crippen LogP contribution is -2.77. The Morgan fingerprint density at radius 3 is 1.26 bits per heavy atom. The molecule has 0 aromatic carbocycles. The first-order valence-electron chi connectivity index (χ1n) is 54.5. The predicted molar refractivity (Wildman–Crippen MR) is 467 cm³/mol. The summed E-state index contributed by atoms with van der Waals surface area (Å²) in [5.74, 6) is 22.5. The number of fused-ring (bicyclic) bond motifs is 9. The van der Waals surface area contributed by atoms with E-state index >= 15 is 0 Å². The molecule has 622 valence electrons. The summed E-state index contributed by atoms with van der Waals surface area (Å²) in [6.45, 7) is 36.1. The molecule has 16 aliphatic carbocycles. The molecule has 0 spiro atoms. The highest BCUT2D eigenvalue weighted by Gasteiger charge is 2.71. The fourth-order valence-electron chi connectivity index (χ4n) is 37.5. The van der Waals surface area contributed by atoms with Crippen LogP contribution in [-0.2, 0) is 0 Å². The van der Waals surface area contributed by atoms with E-state index in [9.17, 15) is 6.85 Å². The molecule has 0 N–H and O–H groups in total. The lowest BCUT2D eigenvalue weighted by atomic mass is 9.18. The molecule has 28 unspecified atom stereocenters. The van der Waals surface area contributed by atoms with Crippen molar-refractivity contribution in [2.24, 2.45) is 182 Å². The third kappa shape index (κ3) is 14.6. The van der Waals surface area contributed by atoms with Crippen molar-refractivity contribution in [1.82, 2.24) is 14.7 Å². The van der Waals surface area contributed by atoms with Gasteiger partial charge in [-0.1, -0.05) is 283 Å².